The van der Waals surface area contributed by atoms with E-state index in [1.165, 1.54) is 11.5 Å². The molecule has 0 bridgehead atoms. The summed E-state index contributed by atoms with van der Waals surface area (Å²) >= 11 is 0. The van der Waals surface area contributed by atoms with Crippen molar-refractivity contribution in [1.29, 1.82) is 0 Å². The maximum absolute atomic E-state index is 11.6. The van der Waals surface area contributed by atoms with E-state index in [1.54, 1.807) is 0 Å². The van der Waals surface area contributed by atoms with Crippen molar-refractivity contribution < 1.29 is 14.7 Å². The average Bonchev–Trinajstić information content (AvgIpc) is 2.88. The van der Waals surface area contributed by atoms with Gasteiger partial charge in [-0.25, -0.2) is 4.79 Å². The predicted molar refractivity (Wildman–Crippen MR) is 81.4 cm³/mol. The highest BCUT2D eigenvalue weighted by Gasteiger charge is 2.30. The van der Waals surface area contributed by atoms with E-state index in [0.717, 1.165) is 25.2 Å². The van der Waals surface area contributed by atoms with Gasteiger partial charge in [0.15, 0.2) is 0 Å². The van der Waals surface area contributed by atoms with Crippen LogP contribution in [0.2, 0.25) is 0 Å². The van der Waals surface area contributed by atoms with Crippen molar-refractivity contribution in [2.75, 3.05) is 18.1 Å². The van der Waals surface area contributed by atoms with Crippen molar-refractivity contribution >= 4 is 27.6 Å². The van der Waals surface area contributed by atoms with E-state index in [0.29, 0.717) is 5.92 Å². The van der Waals surface area contributed by atoms with Crippen LogP contribution in [0.3, 0.4) is 0 Å². The van der Waals surface area contributed by atoms with E-state index in [-0.39, 0.29) is 12.5 Å². The Morgan fingerprint density at radius 1 is 1.42 bits per heavy atom. The third-order valence-corrected chi connectivity index (χ3v) is 6.29. The first-order chi connectivity index (χ1) is 9.08. The molecular weight excluding hydrogens is 282 g/mol. The summed E-state index contributed by atoms with van der Waals surface area (Å²) in [6, 6.07) is 0. The first kappa shape index (κ1) is 17.1. The molecule has 0 aromatic carbocycles. The monoisotopic (exact) mass is 307 g/mol. The largest absolute Gasteiger partial charge is 0.395 e. The van der Waals surface area contributed by atoms with Crippen LogP contribution in [-0.2, 0) is 9.63 Å². The Morgan fingerprint density at radius 2 is 2.05 bits per heavy atom. The number of hydrogen-bond acceptors (Lipinski definition) is 6. The third kappa shape index (κ3) is 5.94. The number of aliphatic hydroxyl groups is 1. The number of rotatable bonds is 8. The Morgan fingerprint density at radius 3 is 2.53 bits per heavy atom. The lowest BCUT2D eigenvalue weighted by Crippen LogP contribution is -2.32. The molecule has 0 amide bonds. The lowest BCUT2D eigenvalue weighted by atomic mass is 9.81. The molecule has 3 N–H and O–H groups in total. The van der Waals surface area contributed by atoms with Crippen LogP contribution in [0.4, 0.5) is 0 Å². The quantitative estimate of drug-likeness (QED) is 0.530. The second kappa shape index (κ2) is 9.10. The molecule has 19 heavy (non-hydrogen) atoms. The molecule has 1 fully saturated rings. The fourth-order valence-corrected chi connectivity index (χ4v) is 5.57. The van der Waals surface area contributed by atoms with Crippen LogP contribution in [0.25, 0.3) is 0 Å². The first-order valence-electron chi connectivity index (χ1n) is 6.84. The molecule has 1 saturated heterocycles. The molecule has 6 heteroatoms. The van der Waals surface area contributed by atoms with Gasteiger partial charge in [-0.05, 0) is 37.0 Å². The molecule has 0 aromatic rings. The molecule has 1 heterocycles. The van der Waals surface area contributed by atoms with Gasteiger partial charge in [0.05, 0.1) is 12.5 Å². The summed E-state index contributed by atoms with van der Waals surface area (Å²) in [4.78, 5) is 16.0. The van der Waals surface area contributed by atoms with Gasteiger partial charge in [0, 0.05) is 11.5 Å². The van der Waals surface area contributed by atoms with Gasteiger partial charge in [-0.3, -0.25) is 0 Å². The normalized spacial score (nSPS) is 19.6. The fraction of sp³-hybridized carbons (Fsp3) is 0.923. The number of carbonyl (C=O) groups excluding carboxylic acids is 1. The van der Waals surface area contributed by atoms with Crippen molar-refractivity contribution in [2.24, 2.45) is 29.6 Å². The molecule has 0 saturated carbocycles. The van der Waals surface area contributed by atoms with Crippen molar-refractivity contribution in [3.8, 4) is 0 Å². The van der Waals surface area contributed by atoms with Gasteiger partial charge in [0.25, 0.3) is 0 Å². The maximum atomic E-state index is 11.6. The molecule has 4 nitrogen and oxygen atoms in total. The molecular formula is C13H25NO3S2. The second-order valence-corrected chi connectivity index (χ2v) is 8.18. The highest BCUT2D eigenvalue weighted by Crippen LogP contribution is 2.38. The minimum absolute atomic E-state index is 0.164. The standard InChI is InChI=1S/C13H25NO3S2/c1-9(2)5-11(12(6-15)13(16)17-14)4-3-10-7-18-19-8-10/h9-12,15H,3-8,14H2,1-2H3. The summed E-state index contributed by atoms with van der Waals surface area (Å²) in [6.45, 7) is 4.09. The van der Waals surface area contributed by atoms with Crippen LogP contribution in [0.5, 0.6) is 0 Å². The summed E-state index contributed by atoms with van der Waals surface area (Å²) in [5.74, 6) is 7.80. The van der Waals surface area contributed by atoms with Crippen LogP contribution >= 0.6 is 21.6 Å². The maximum Gasteiger partial charge on any atom is 0.330 e. The molecule has 112 valence electrons. The topological polar surface area (TPSA) is 72.5 Å². The van der Waals surface area contributed by atoms with Crippen LogP contribution < -0.4 is 5.90 Å². The summed E-state index contributed by atoms with van der Waals surface area (Å²) in [7, 11) is 3.86. The summed E-state index contributed by atoms with van der Waals surface area (Å²) in [5, 5.41) is 9.44. The van der Waals surface area contributed by atoms with E-state index in [2.05, 4.69) is 18.7 Å². The van der Waals surface area contributed by atoms with Gasteiger partial charge < -0.3 is 9.94 Å². The molecule has 1 aliphatic heterocycles. The molecule has 2 unspecified atom stereocenters. The van der Waals surface area contributed by atoms with Gasteiger partial charge >= 0.3 is 5.97 Å². The molecule has 0 spiro atoms. The van der Waals surface area contributed by atoms with E-state index in [1.807, 2.05) is 21.6 Å². The Labute approximate surface area is 123 Å². The minimum atomic E-state index is -0.483. The van der Waals surface area contributed by atoms with Gasteiger partial charge in [-0.15, -0.1) is 0 Å². The highest BCUT2D eigenvalue weighted by atomic mass is 33.1. The van der Waals surface area contributed by atoms with Crippen molar-refractivity contribution in [3.63, 3.8) is 0 Å². The number of nitrogens with two attached hydrogens (primary N) is 1. The highest BCUT2D eigenvalue weighted by molar-refractivity contribution is 8.77. The lowest BCUT2D eigenvalue weighted by Gasteiger charge is -2.25. The van der Waals surface area contributed by atoms with Gasteiger partial charge in [-0.2, -0.15) is 5.90 Å². The predicted octanol–water partition coefficient (Wildman–Crippen LogP) is 2.47. The Hall–Kier alpha value is 0.0900. The SMILES string of the molecule is CC(C)CC(CCC1CSSC1)C(CO)C(=O)ON. The first-order valence-corrected chi connectivity index (χ1v) is 9.33. The zero-order valence-electron chi connectivity index (χ0n) is 11.7. The minimum Gasteiger partial charge on any atom is -0.395 e. The number of carbonyl (C=O) groups is 1. The third-order valence-electron chi connectivity index (χ3n) is 3.60. The van der Waals surface area contributed by atoms with E-state index >= 15 is 0 Å². The van der Waals surface area contributed by atoms with Crippen molar-refractivity contribution in [1.82, 2.24) is 0 Å². The van der Waals surface area contributed by atoms with Gasteiger partial charge in [0.2, 0.25) is 0 Å². The van der Waals surface area contributed by atoms with Crippen LogP contribution in [-0.4, -0.2) is 29.2 Å². The second-order valence-electron chi connectivity index (χ2n) is 5.63. The van der Waals surface area contributed by atoms with Crippen molar-refractivity contribution in [2.45, 2.75) is 33.1 Å². The van der Waals surface area contributed by atoms with Crippen LogP contribution in [0.1, 0.15) is 33.1 Å². The Kier molecular flexibility index (Phi) is 8.21. The van der Waals surface area contributed by atoms with E-state index in [9.17, 15) is 9.90 Å². The van der Waals surface area contributed by atoms with Gasteiger partial charge in [0.1, 0.15) is 0 Å². The molecule has 0 aliphatic carbocycles. The molecule has 2 atom stereocenters. The average molecular weight is 307 g/mol. The summed E-state index contributed by atoms with van der Waals surface area (Å²) < 4.78 is 0. The van der Waals surface area contributed by atoms with Gasteiger partial charge in [-0.1, -0.05) is 35.4 Å². The number of hydrogen-bond donors (Lipinski definition) is 2. The Bertz CT molecular complexity index is 271. The molecule has 0 aromatic heterocycles. The van der Waals surface area contributed by atoms with Crippen LogP contribution in [0, 0.1) is 23.7 Å². The van der Waals surface area contributed by atoms with Crippen molar-refractivity contribution in [3.05, 3.63) is 0 Å². The fourth-order valence-electron chi connectivity index (χ4n) is 2.55. The summed E-state index contributed by atoms with van der Waals surface area (Å²) in [6.07, 6.45) is 3.00. The Balaban J connectivity index is 2.55. The summed E-state index contributed by atoms with van der Waals surface area (Å²) in [5.41, 5.74) is 0. The molecule has 1 rings (SSSR count). The lowest BCUT2D eigenvalue weighted by molar-refractivity contribution is -0.153. The van der Waals surface area contributed by atoms with E-state index < -0.39 is 11.9 Å². The number of aliphatic hydroxyl groups excluding tert-OH is 1. The zero-order chi connectivity index (χ0) is 14.3. The molecule has 1 aliphatic rings. The van der Waals surface area contributed by atoms with Crippen LogP contribution in [0.15, 0.2) is 0 Å². The smallest absolute Gasteiger partial charge is 0.330 e. The zero-order valence-corrected chi connectivity index (χ0v) is 13.3. The molecule has 0 radical (unpaired) electrons. The van der Waals surface area contributed by atoms with E-state index in [4.69, 9.17) is 5.90 Å².